The molecule has 0 spiro atoms. The van der Waals surface area contributed by atoms with Crippen LogP contribution >= 0.6 is 31.9 Å². The van der Waals surface area contributed by atoms with E-state index in [9.17, 15) is 14.4 Å². The van der Waals surface area contributed by atoms with Crippen molar-refractivity contribution in [2.24, 2.45) is 0 Å². The van der Waals surface area contributed by atoms with Gasteiger partial charge in [-0.25, -0.2) is 4.68 Å². The van der Waals surface area contributed by atoms with Gasteiger partial charge in [-0.1, -0.05) is 44.0 Å². The maximum atomic E-state index is 13.1. The second-order valence-corrected chi connectivity index (χ2v) is 9.52. The molecule has 0 radical (unpaired) electrons. The average Bonchev–Trinajstić information content (AvgIpc) is 3.13. The van der Waals surface area contributed by atoms with E-state index in [-0.39, 0.29) is 5.69 Å². The van der Waals surface area contributed by atoms with E-state index < -0.39 is 17.7 Å². The number of fused-ring (bicyclic) bond motifs is 1. The van der Waals surface area contributed by atoms with Gasteiger partial charge in [-0.3, -0.25) is 19.8 Å². The lowest BCUT2D eigenvalue weighted by Crippen LogP contribution is -2.36. The molecule has 0 aliphatic heterocycles. The lowest BCUT2D eigenvalue weighted by molar-refractivity contribution is -0.133. The second-order valence-electron chi connectivity index (χ2n) is 7.75. The van der Waals surface area contributed by atoms with Crippen molar-refractivity contribution in [1.29, 1.82) is 0 Å². The first-order chi connectivity index (χ1) is 16.2. The normalized spacial score (nSPS) is 10.7. The summed E-state index contributed by atoms with van der Waals surface area (Å²) in [5, 5.41) is 6.14. The maximum Gasteiger partial charge on any atom is 0.328 e. The van der Waals surface area contributed by atoms with Gasteiger partial charge in [0.2, 0.25) is 0 Å². The first kappa shape index (κ1) is 23.7. The highest BCUT2D eigenvalue weighted by Gasteiger charge is 2.21. The Labute approximate surface area is 212 Å². The summed E-state index contributed by atoms with van der Waals surface area (Å²) in [6, 6.07) is 19.6. The summed E-state index contributed by atoms with van der Waals surface area (Å²) >= 11 is 6.83. The summed E-state index contributed by atoms with van der Waals surface area (Å²) < 4.78 is 3.03. The minimum absolute atomic E-state index is 0.176. The minimum atomic E-state index is -0.911. The van der Waals surface area contributed by atoms with Crippen LogP contribution in [0.3, 0.4) is 0 Å². The Morgan fingerprint density at radius 3 is 2.29 bits per heavy atom. The third kappa shape index (κ3) is 5.21. The van der Waals surface area contributed by atoms with Gasteiger partial charge in [-0.05, 0) is 79.6 Å². The maximum absolute atomic E-state index is 13.1. The van der Waals surface area contributed by atoms with E-state index in [1.165, 1.54) is 4.68 Å². The van der Waals surface area contributed by atoms with Crippen molar-refractivity contribution in [2.45, 2.75) is 13.8 Å². The molecule has 0 unspecified atom stereocenters. The number of carbonyl (C=O) groups is 3. The van der Waals surface area contributed by atoms with Gasteiger partial charge in [0.05, 0.1) is 5.52 Å². The lowest BCUT2D eigenvalue weighted by Gasteiger charge is -2.13. The van der Waals surface area contributed by atoms with Crippen molar-refractivity contribution in [3.63, 3.8) is 0 Å². The van der Waals surface area contributed by atoms with Crippen molar-refractivity contribution in [3.8, 4) is 0 Å². The number of rotatable bonds is 4. The van der Waals surface area contributed by atoms with Crippen LogP contribution in [-0.2, 0) is 9.59 Å². The highest BCUT2D eigenvalue weighted by molar-refractivity contribution is 9.10. The van der Waals surface area contributed by atoms with Crippen LogP contribution in [0.5, 0.6) is 0 Å². The molecule has 1 aromatic heterocycles. The molecule has 0 fully saturated rings. The molecule has 0 atom stereocenters. The summed E-state index contributed by atoms with van der Waals surface area (Å²) in [5.74, 6) is -2.20. The molecule has 3 amide bonds. The third-order valence-corrected chi connectivity index (χ3v) is 6.49. The van der Waals surface area contributed by atoms with E-state index in [1.54, 1.807) is 42.5 Å². The predicted octanol–water partition coefficient (Wildman–Crippen LogP) is 5.74. The van der Waals surface area contributed by atoms with Gasteiger partial charge in [0.15, 0.2) is 0 Å². The van der Waals surface area contributed by atoms with Crippen LogP contribution < -0.4 is 16.1 Å². The first-order valence-corrected chi connectivity index (χ1v) is 11.9. The summed E-state index contributed by atoms with van der Waals surface area (Å²) in [6.45, 7) is 3.80. The van der Waals surface area contributed by atoms with Crippen LogP contribution in [0, 0.1) is 13.8 Å². The molecule has 9 heteroatoms. The molecule has 0 saturated carbocycles. The van der Waals surface area contributed by atoms with Crippen molar-refractivity contribution in [3.05, 3.63) is 92.5 Å². The molecule has 4 aromatic rings. The summed E-state index contributed by atoms with van der Waals surface area (Å²) in [7, 11) is 0. The number of nitrogens with one attached hydrogen (secondary N) is 3. The molecule has 34 heavy (non-hydrogen) atoms. The van der Waals surface area contributed by atoms with Crippen LogP contribution in [0.4, 0.5) is 11.4 Å². The zero-order valence-electron chi connectivity index (χ0n) is 18.3. The first-order valence-electron chi connectivity index (χ1n) is 10.3. The van der Waals surface area contributed by atoms with E-state index in [0.717, 1.165) is 20.1 Å². The van der Waals surface area contributed by atoms with Crippen LogP contribution in [0.1, 0.15) is 21.6 Å². The zero-order valence-corrected chi connectivity index (χ0v) is 21.5. The monoisotopic (exact) mass is 582 g/mol. The fourth-order valence-corrected chi connectivity index (χ4v) is 4.08. The Morgan fingerprint density at radius 1 is 0.794 bits per heavy atom. The molecule has 3 aromatic carbocycles. The van der Waals surface area contributed by atoms with Gasteiger partial charge in [-0.15, -0.1) is 0 Å². The minimum Gasteiger partial charge on any atom is -0.321 e. The predicted molar refractivity (Wildman–Crippen MR) is 141 cm³/mol. The lowest BCUT2D eigenvalue weighted by atomic mass is 10.2. The summed E-state index contributed by atoms with van der Waals surface area (Å²) in [5.41, 5.74) is 6.32. The van der Waals surface area contributed by atoms with Gasteiger partial charge < -0.3 is 10.6 Å². The standard InChI is InChI=1S/C25H20Br2N4O3/c1-14-4-3-5-18(10-14)28-23(32)22-13-16-12-17(26)6-9-21(16)31(22)30-25(34)24(33)29-19-7-8-20(27)15(2)11-19/h3-13H,1-2H3,(H,28,32)(H,29,33)(H,30,34). The Kier molecular flexibility index (Phi) is 6.85. The smallest absolute Gasteiger partial charge is 0.321 e. The van der Waals surface area contributed by atoms with E-state index in [1.807, 2.05) is 38.1 Å². The molecule has 7 nitrogen and oxygen atoms in total. The molecule has 0 saturated heterocycles. The van der Waals surface area contributed by atoms with Crippen molar-refractivity contribution >= 4 is 71.9 Å². The Hall–Kier alpha value is -3.43. The van der Waals surface area contributed by atoms with E-state index in [2.05, 4.69) is 47.9 Å². The van der Waals surface area contributed by atoms with Crippen LogP contribution in [0.25, 0.3) is 10.9 Å². The fraction of sp³-hybridized carbons (Fsp3) is 0.0800. The molecule has 0 aliphatic carbocycles. The third-order valence-electron chi connectivity index (χ3n) is 5.11. The largest absolute Gasteiger partial charge is 0.328 e. The number of aryl methyl sites for hydroxylation is 2. The Balaban J connectivity index is 1.62. The molecule has 4 rings (SSSR count). The fourth-order valence-electron chi connectivity index (χ4n) is 3.45. The molecular weight excluding hydrogens is 564 g/mol. The molecular formula is C25H20Br2N4O3. The van der Waals surface area contributed by atoms with Gasteiger partial charge in [0.25, 0.3) is 5.91 Å². The number of anilines is 2. The Morgan fingerprint density at radius 2 is 1.56 bits per heavy atom. The van der Waals surface area contributed by atoms with Crippen molar-refractivity contribution in [2.75, 3.05) is 16.1 Å². The van der Waals surface area contributed by atoms with Crippen molar-refractivity contribution < 1.29 is 14.4 Å². The second kappa shape index (κ2) is 9.82. The molecule has 172 valence electrons. The topological polar surface area (TPSA) is 92.2 Å². The number of hydrogen-bond donors (Lipinski definition) is 3. The summed E-state index contributed by atoms with van der Waals surface area (Å²) in [6.07, 6.45) is 0. The molecule has 0 aliphatic rings. The summed E-state index contributed by atoms with van der Waals surface area (Å²) in [4.78, 5) is 38.5. The van der Waals surface area contributed by atoms with Crippen LogP contribution in [0.15, 0.2) is 75.7 Å². The number of nitrogens with zero attached hydrogens (tertiary/aromatic N) is 1. The highest BCUT2D eigenvalue weighted by atomic mass is 79.9. The SMILES string of the molecule is Cc1cccc(NC(=O)c2cc3cc(Br)ccc3n2NC(=O)C(=O)Nc2ccc(Br)c(C)c2)c1. The number of benzene rings is 3. The van der Waals surface area contributed by atoms with E-state index >= 15 is 0 Å². The van der Waals surface area contributed by atoms with Crippen molar-refractivity contribution in [1.82, 2.24) is 4.68 Å². The van der Waals surface area contributed by atoms with E-state index in [0.29, 0.717) is 22.3 Å². The van der Waals surface area contributed by atoms with E-state index in [4.69, 9.17) is 0 Å². The average molecular weight is 584 g/mol. The molecule has 0 bridgehead atoms. The number of amides is 3. The molecule has 1 heterocycles. The van der Waals surface area contributed by atoms with Gasteiger partial charge in [0.1, 0.15) is 5.69 Å². The zero-order chi connectivity index (χ0) is 24.4. The number of aromatic nitrogens is 1. The number of halogens is 2. The molecule has 3 N–H and O–H groups in total. The number of hydrogen-bond acceptors (Lipinski definition) is 3. The van der Waals surface area contributed by atoms with Gasteiger partial charge >= 0.3 is 11.8 Å². The Bertz CT molecular complexity index is 1450. The van der Waals surface area contributed by atoms with Gasteiger partial charge in [0, 0.05) is 25.7 Å². The number of carbonyl (C=O) groups excluding carboxylic acids is 3. The highest BCUT2D eigenvalue weighted by Crippen LogP contribution is 2.24. The quantitative estimate of drug-likeness (QED) is 0.267. The van der Waals surface area contributed by atoms with Gasteiger partial charge in [-0.2, -0.15) is 0 Å². The van der Waals surface area contributed by atoms with Crippen LogP contribution in [-0.4, -0.2) is 22.4 Å². The van der Waals surface area contributed by atoms with Crippen LogP contribution in [0.2, 0.25) is 0 Å².